The van der Waals surface area contributed by atoms with E-state index in [4.69, 9.17) is 22.1 Å². The van der Waals surface area contributed by atoms with Gasteiger partial charge in [-0.1, -0.05) is 17.7 Å². The van der Waals surface area contributed by atoms with Gasteiger partial charge in [0, 0.05) is 29.2 Å². The van der Waals surface area contributed by atoms with Gasteiger partial charge in [0.25, 0.3) is 5.91 Å². The minimum atomic E-state index is -0.852. The molecule has 0 aromatic heterocycles. The fourth-order valence-electron chi connectivity index (χ4n) is 2.36. The number of halogens is 3. The van der Waals surface area contributed by atoms with Crippen molar-refractivity contribution in [2.45, 2.75) is 12.8 Å². The van der Waals surface area contributed by atoms with E-state index in [2.05, 4.69) is 0 Å². The first-order chi connectivity index (χ1) is 13.3. The van der Waals surface area contributed by atoms with Crippen molar-refractivity contribution in [1.82, 2.24) is 0 Å². The Morgan fingerprint density at radius 2 is 1.75 bits per heavy atom. The van der Waals surface area contributed by atoms with E-state index in [0.717, 1.165) is 23.1 Å². The standard InChI is InChI=1S/C19H17ClF2N2O4/c20-15-2-1-3-16(22)14(15)10-19(27)28-11-18(26)24(9-8-17(23)25)13-6-4-12(21)5-7-13/h1-7H,8-11H2,(H2,23,25). The molecule has 2 N–H and O–H groups in total. The van der Waals surface area contributed by atoms with E-state index >= 15 is 0 Å². The van der Waals surface area contributed by atoms with E-state index in [0.29, 0.717) is 5.69 Å². The third-order valence-corrected chi connectivity index (χ3v) is 4.11. The average molecular weight is 411 g/mol. The summed E-state index contributed by atoms with van der Waals surface area (Å²) in [5.41, 5.74) is 5.38. The quantitative estimate of drug-likeness (QED) is 0.677. The van der Waals surface area contributed by atoms with Crippen LogP contribution in [0.15, 0.2) is 42.5 Å². The highest BCUT2D eigenvalue weighted by Crippen LogP contribution is 2.20. The molecule has 0 aliphatic carbocycles. The summed E-state index contributed by atoms with van der Waals surface area (Å²) in [7, 11) is 0. The molecule has 2 aromatic rings. The van der Waals surface area contributed by atoms with Crippen LogP contribution in [0, 0.1) is 11.6 Å². The van der Waals surface area contributed by atoms with Crippen LogP contribution in [0.5, 0.6) is 0 Å². The number of primary amides is 1. The first-order valence-electron chi connectivity index (χ1n) is 8.20. The molecule has 0 aliphatic rings. The van der Waals surface area contributed by atoms with Gasteiger partial charge in [-0.3, -0.25) is 14.4 Å². The monoisotopic (exact) mass is 410 g/mol. The molecule has 2 rings (SSSR count). The Kier molecular flexibility index (Phi) is 7.45. The van der Waals surface area contributed by atoms with Crippen molar-refractivity contribution in [3.05, 3.63) is 64.7 Å². The molecule has 0 saturated carbocycles. The summed E-state index contributed by atoms with van der Waals surface area (Å²) in [6, 6.07) is 8.95. The molecule has 6 nitrogen and oxygen atoms in total. The van der Waals surface area contributed by atoms with Crippen molar-refractivity contribution in [2.24, 2.45) is 5.73 Å². The normalized spacial score (nSPS) is 10.4. The molecule has 0 aliphatic heterocycles. The van der Waals surface area contributed by atoms with Crippen molar-refractivity contribution in [2.75, 3.05) is 18.1 Å². The van der Waals surface area contributed by atoms with Gasteiger partial charge in [-0.2, -0.15) is 0 Å². The number of nitrogens with two attached hydrogens (primary N) is 1. The first-order valence-corrected chi connectivity index (χ1v) is 8.58. The topological polar surface area (TPSA) is 89.7 Å². The number of rotatable bonds is 8. The number of esters is 1. The summed E-state index contributed by atoms with van der Waals surface area (Å²) in [4.78, 5) is 36.6. The zero-order valence-electron chi connectivity index (χ0n) is 14.7. The van der Waals surface area contributed by atoms with Crippen LogP contribution in [0.3, 0.4) is 0 Å². The minimum Gasteiger partial charge on any atom is -0.455 e. The van der Waals surface area contributed by atoms with E-state index in [1.165, 1.54) is 24.3 Å². The van der Waals surface area contributed by atoms with E-state index in [1.54, 1.807) is 0 Å². The van der Waals surface area contributed by atoms with Crippen LogP contribution >= 0.6 is 11.6 Å². The highest BCUT2D eigenvalue weighted by molar-refractivity contribution is 6.31. The Bertz CT molecular complexity index is 854. The number of hydrogen-bond acceptors (Lipinski definition) is 4. The summed E-state index contributed by atoms with van der Waals surface area (Å²) in [5, 5.41) is 0.0673. The fraction of sp³-hybridized carbons (Fsp3) is 0.211. The van der Waals surface area contributed by atoms with Crippen LogP contribution in [0.1, 0.15) is 12.0 Å². The van der Waals surface area contributed by atoms with Gasteiger partial charge in [-0.15, -0.1) is 0 Å². The van der Waals surface area contributed by atoms with Gasteiger partial charge in [0.05, 0.1) is 6.42 Å². The van der Waals surface area contributed by atoms with Gasteiger partial charge < -0.3 is 15.4 Å². The number of carbonyl (C=O) groups is 3. The Balaban J connectivity index is 2.03. The molecule has 0 saturated heterocycles. The third-order valence-electron chi connectivity index (χ3n) is 3.76. The number of anilines is 1. The van der Waals surface area contributed by atoms with Crippen molar-refractivity contribution in [3.63, 3.8) is 0 Å². The molecule has 2 aromatic carbocycles. The van der Waals surface area contributed by atoms with Crippen LogP contribution < -0.4 is 10.6 Å². The molecule has 0 bridgehead atoms. The van der Waals surface area contributed by atoms with Gasteiger partial charge in [-0.25, -0.2) is 8.78 Å². The van der Waals surface area contributed by atoms with Crippen LogP contribution in [-0.4, -0.2) is 30.9 Å². The lowest BCUT2D eigenvalue weighted by Gasteiger charge is -2.22. The molecule has 148 valence electrons. The molecular formula is C19H17ClF2N2O4. The smallest absolute Gasteiger partial charge is 0.310 e. The number of benzene rings is 2. The average Bonchev–Trinajstić information content (AvgIpc) is 2.64. The number of nitrogens with zero attached hydrogens (tertiary/aromatic N) is 1. The van der Waals surface area contributed by atoms with Gasteiger partial charge in [0.2, 0.25) is 5.91 Å². The molecule has 0 radical (unpaired) electrons. The molecule has 0 atom stereocenters. The van der Waals surface area contributed by atoms with Crippen molar-refractivity contribution >= 4 is 35.1 Å². The van der Waals surface area contributed by atoms with Crippen molar-refractivity contribution < 1.29 is 27.9 Å². The summed E-state index contributed by atoms with van der Waals surface area (Å²) in [6.45, 7) is -0.725. The predicted octanol–water partition coefficient (Wildman–Crippen LogP) is 2.61. The Hall–Kier alpha value is -3.00. The lowest BCUT2D eigenvalue weighted by atomic mass is 10.1. The summed E-state index contributed by atoms with van der Waals surface area (Å²) in [6.07, 6.45) is -0.585. The fourth-order valence-corrected chi connectivity index (χ4v) is 2.59. The maximum Gasteiger partial charge on any atom is 0.310 e. The largest absolute Gasteiger partial charge is 0.455 e. The summed E-state index contributed by atoms with van der Waals surface area (Å²) in [5.74, 6) is -3.30. The minimum absolute atomic E-state index is 0.0364. The second kappa shape index (κ2) is 9.80. The van der Waals surface area contributed by atoms with E-state index in [9.17, 15) is 23.2 Å². The number of ether oxygens (including phenoxy) is 1. The van der Waals surface area contributed by atoms with Gasteiger partial charge in [0.15, 0.2) is 6.61 Å². The zero-order chi connectivity index (χ0) is 20.7. The first kappa shape index (κ1) is 21.3. The molecule has 2 amide bonds. The molecule has 0 unspecified atom stereocenters. The van der Waals surface area contributed by atoms with E-state index in [-0.39, 0.29) is 23.6 Å². The second-order valence-corrected chi connectivity index (χ2v) is 6.18. The maximum atomic E-state index is 13.7. The third kappa shape index (κ3) is 6.02. The highest BCUT2D eigenvalue weighted by Gasteiger charge is 2.20. The molecule has 0 heterocycles. The van der Waals surface area contributed by atoms with Crippen LogP contribution in [-0.2, 0) is 25.5 Å². The van der Waals surface area contributed by atoms with Crippen molar-refractivity contribution in [1.29, 1.82) is 0 Å². The van der Waals surface area contributed by atoms with Crippen molar-refractivity contribution in [3.8, 4) is 0 Å². The van der Waals surface area contributed by atoms with Gasteiger partial charge >= 0.3 is 5.97 Å². The SMILES string of the molecule is NC(=O)CCN(C(=O)COC(=O)Cc1c(F)cccc1Cl)c1ccc(F)cc1. The van der Waals surface area contributed by atoms with E-state index < -0.39 is 42.4 Å². The lowest BCUT2D eigenvalue weighted by Crippen LogP contribution is -2.37. The lowest BCUT2D eigenvalue weighted by molar-refractivity contribution is -0.147. The summed E-state index contributed by atoms with van der Waals surface area (Å²) >= 11 is 5.85. The van der Waals surface area contributed by atoms with Gasteiger partial charge in [0.1, 0.15) is 11.6 Å². The highest BCUT2D eigenvalue weighted by atomic mass is 35.5. The molecular weight excluding hydrogens is 394 g/mol. The zero-order valence-corrected chi connectivity index (χ0v) is 15.4. The van der Waals surface area contributed by atoms with E-state index in [1.807, 2.05) is 0 Å². The summed E-state index contributed by atoms with van der Waals surface area (Å²) < 4.78 is 31.7. The molecule has 28 heavy (non-hydrogen) atoms. The predicted molar refractivity (Wildman–Crippen MR) is 98.6 cm³/mol. The Morgan fingerprint density at radius 1 is 1.07 bits per heavy atom. The molecule has 0 spiro atoms. The van der Waals surface area contributed by atoms with Gasteiger partial charge in [-0.05, 0) is 36.4 Å². The Labute approximate surface area is 164 Å². The second-order valence-electron chi connectivity index (χ2n) is 5.78. The number of amides is 2. The maximum absolute atomic E-state index is 13.7. The number of carbonyl (C=O) groups excluding carboxylic acids is 3. The van der Waals surface area contributed by atoms with Crippen LogP contribution in [0.2, 0.25) is 5.02 Å². The van der Waals surface area contributed by atoms with Crippen LogP contribution in [0.25, 0.3) is 0 Å². The molecule has 9 heteroatoms. The number of hydrogen-bond donors (Lipinski definition) is 1. The molecule has 0 fully saturated rings. The van der Waals surface area contributed by atoms with Crippen LogP contribution in [0.4, 0.5) is 14.5 Å². The Morgan fingerprint density at radius 3 is 2.36 bits per heavy atom.